The third kappa shape index (κ3) is 2.08. The Kier molecular flexibility index (Phi) is 2.67. The fourth-order valence-corrected chi connectivity index (χ4v) is 3.63. The van der Waals surface area contributed by atoms with E-state index in [0.717, 1.165) is 11.8 Å². The molecule has 0 saturated heterocycles. The van der Waals surface area contributed by atoms with Gasteiger partial charge in [-0.25, -0.2) is 0 Å². The van der Waals surface area contributed by atoms with E-state index < -0.39 is 0 Å². The first-order chi connectivity index (χ1) is 6.22. The van der Waals surface area contributed by atoms with Gasteiger partial charge in [-0.2, -0.15) is 0 Å². The van der Waals surface area contributed by atoms with Crippen molar-refractivity contribution in [3.05, 3.63) is 0 Å². The molecule has 2 unspecified atom stereocenters. The van der Waals surface area contributed by atoms with Gasteiger partial charge in [-0.1, -0.05) is 52.4 Å². The Balaban J connectivity index is 2.11. The average Bonchev–Trinajstić information content (AvgIpc) is 2.37. The lowest BCUT2D eigenvalue weighted by Crippen LogP contribution is -2.22. The highest BCUT2D eigenvalue weighted by molar-refractivity contribution is 4.86. The second kappa shape index (κ2) is 3.63. The van der Waals surface area contributed by atoms with Crippen LogP contribution in [0, 0.1) is 17.3 Å². The highest BCUT2D eigenvalue weighted by Gasteiger charge is 2.34. The Morgan fingerprint density at radius 1 is 1.00 bits per heavy atom. The fraction of sp³-hybridized carbons (Fsp3) is 1.00. The van der Waals surface area contributed by atoms with E-state index in [1.165, 1.54) is 38.5 Å². The summed E-state index contributed by atoms with van der Waals surface area (Å²) in [5, 5.41) is 0. The molecule has 2 rings (SSSR count). The molecule has 2 aliphatic carbocycles. The fourth-order valence-electron chi connectivity index (χ4n) is 3.63. The van der Waals surface area contributed by atoms with Crippen LogP contribution < -0.4 is 0 Å². The number of hydrogen-bond acceptors (Lipinski definition) is 0. The minimum Gasteiger partial charge on any atom is -0.0649 e. The SMILES string of the molecule is CCC1(C)CC2CCCC(CC2)C1. The molecule has 0 spiro atoms. The molecule has 2 fully saturated rings. The molecule has 0 aromatic carbocycles. The van der Waals surface area contributed by atoms with Crippen molar-refractivity contribution in [1.29, 1.82) is 0 Å². The summed E-state index contributed by atoms with van der Waals surface area (Å²) in [6.07, 6.45) is 12.1. The molecule has 2 aliphatic rings. The van der Waals surface area contributed by atoms with Crippen LogP contribution in [0.25, 0.3) is 0 Å². The molecule has 76 valence electrons. The molecule has 0 radical (unpaired) electrons. The van der Waals surface area contributed by atoms with Crippen LogP contribution >= 0.6 is 0 Å². The molecule has 0 aromatic heterocycles. The lowest BCUT2D eigenvalue weighted by Gasteiger charge is -2.34. The summed E-state index contributed by atoms with van der Waals surface area (Å²) in [5.74, 6) is 2.16. The van der Waals surface area contributed by atoms with Crippen LogP contribution in [0.5, 0.6) is 0 Å². The van der Waals surface area contributed by atoms with E-state index in [-0.39, 0.29) is 0 Å². The summed E-state index contributed by atoms with van der Waals surface area (Å²) in [6.45, 7) is 4.92. The largest absolute Gasteiger partial charge is 0.0649 e. The van der Waals surface area contributed by atoms with Gasteiger partial charge in [-0.15, -0.1) is 0 Å². The standard InChI is InChI=1S/C13H24/c1-3-13(2)9-11-5-4-6-12(10-13)8-7-11/h11-12H,3-10H2,1-2H3. The third-order valence-corrected chi connectivity index (χ3v) is 4.62. The van der Waals surface area contributed by atoms with Crippen LogP contribution in [0.1, 0.15) is 65.2 Å². The van der Waals surface area contributed by atoms with Crippen molar-refractivity contribution in [3.63, 3.8) is 0 Å². The van der Waals surface area contributed by atoms with Crippen LogP contribution in [0.2, 0.25) is 0 Å². The molecule has 0 heterocycles. The van der Waals surface area contributed by atoms with Crippen molar-refractivity contribution < 1.29 is 0 Å². The van der Waals surface area contributed by atoms with Crippen LogP contribution in [0.15, 0.2) is 0 Å². The van der Waals surface area contributed by atoms with Crippen LogP contribution in [0.3, 0.4) is 0 Å². The molecule has 0 N–H and O–H groups in total. The lowest BCUT2D eigenvalue weighted by atomic mass is 9.72. The minimum atomic E-state index is 0.701. The maximum atomic E-state index is 2.53. The lowest BCUT2D eigenvalue weighted by molar-refractivity contribution is 0.179. The first kappa shape index (κ1) is 9.55. The highest BCUT2D eigenvalue weighted by Crippen LogP contribution is 2.47. The summed E-state index contributed by atoms with van der Waals surface area (Å²) >= 11 is 0. The first-order valence-electron chi connectivity index (χ1n) is 6.22. The summed E-state index contributed by atoms with van der Waals surface area (Å²) < 4.78 is 0. The van der Waals surface area contributed by atoms with Gasteiger partial charge in [0, 0.05) is 0 Å². The van der Waals surface area contributed by atoms with Gasteiger partial charge in [-0.3, -0.25) is 0 Å². The molecule has 0 aliphatic heterocycles. The Labute approximate surface area is 83.1 Å². The van der Waals surface area contributed by atoms with Gasteiger partial charge in [-0.05, 0) is 30.1 Å². The van der Waals surface area contributed by atoms with E-state index in [1.807, 2.05) is 0 Å². The molecule has 2 bridgehead atoms. The first-order valence-corrected chi connectivity index (χ1v) is 6.22. The van der Waals surface area contributed by atoms with E-state index in [1.54, 1.807) is 12.8 Å². The van der Waals surface area contributed by atoms with Gasteiger partial charge in [0.2, 0.25) is 0 Å². The molecule has 2 atom stereocenters. The monoisotopic (exact) mass is 180 g/mol. The second-order valence-corrected chi connectivity index (χ2v) is 5.81. The van der Waals surface area contributed by atoms with Gasteiger partial charge < -0.3 is 0 Å². The smallest absolute Gasteiger partial charge is 0.0323 e. The molecule has 0 nitrogen and oxygen atoms in total. The Morgan fingerprint density at radius 3 is 2.00 bits per heavy atom. The minimum absolute atomic E-state index is 0.701. The van der Waals surface area contributed by atoms with Gasteiger partial charge in [0.25, 0.3) is 0 Å². The van der Waals surface area contributed by atoms with Gasteiger partial charge in [0.05, 0.1) is 0 Å². The zero-order chi connectivity index (χ0) is 9.31. The normalized spacial score (nSPS) is 45.7. The van der Waals surface area contributed by atoms with E-state index in [4.69, 9.17) is 0 Å². The predicted molar refractivity (Wildman–Crippen MR) is 57.7 cm³/mol. The number of rotatable bonds is 1. The molecule has 13 heavy (non-hydrogen) atoms. The molecular weight excluding hydrogens is 156 g/mol. The molecule has 0 amide bonds. The van der Waals surface area contributed by atoms with E-state index in [9.17, 15) is 0 Å². The van der Waals surface area contributed by atoms with Crippen LogP contribution in [-0.4, -0.2) is 0 Å². The highest BCUT2D eigenvalue weighted by atomic mass is 14.4. The maximum Gasteiger partial charge on any atom is -0.0323 e. The Bertz CT molecular complexity index is 157. The predicted octanol–water partition coefficient (Wildman–Crippen LogP) is 4.39. The maximum absolute atomic E-state index is 2.53. The van der Waals surface area contributed by atoms with Crippen molar-refractivity contribution in [2.45, 2.75) is 65.2 Å². The van der Waals surface area contributed by atoms with Crippen molar-refractivity contribution in [2.24, 2.45) is 17.3 Å². The number of fused-ring (bicyclic) bond motifs is 3. The van der Waals surface area contributed by atoms with Gasteiger partial charge >= 0.3 is 0 Å². The molecule has 0 heteroatoms. The van der Waals surface area contributed by atoms with Crippen molar-refractivity contribution in [2.75, 3.05) is 0 Å². The van der Waals surface area contributed by atoms with E-state index in [0.29, 0.717) is 5.41 Å². The summed E-state index contributed by atoms with van der Waals surface area (Å²) in [6, 6.07) is 0. The van der Waals surface area contributed by atoms with E-state index in [2.05, 4.69) is 13.8 Å². The van der Waals surface area contributed by atoms with Crippen LogP contribution in [0.4, 0.5) is 0 Å². The summed E-state index contributed by atoms with van der Waals surface area (Å²) in [4.78, 5) is 0. The summed E-state index contributed by atoms with van der Waals surface area (Å²) in [7, 11) is 0. The van der Waals surface area contributed by atoms with Crippen LogP contribution in [-0.2, 0) is 0 Å². The average molecular weight is 180 g/mol. The zero-order valence-corrected chi connectivity index (χ0v) is 9.31. The zero-order valence-electron chi connectivity index (χ0n) is 9.31. The van der Waals surface area contributed by atoms with Gasteiger partial charge in [0.1, 0.15) is 0 Å². The third-order valence-electron chi connectivity index (χ3n) is 4.62. The Morgan fingerprint density at radius 2 is 1.54 bits per heavy atom. The molecule has 2 saturated carbocycles. The molecular formula is C13H24. The van der Waals surface area contributed by atoms with Crippen molar-refractivity contribution >= 4 is 0 Å². The Hall–Kier alpha value is 0. The van der Waals surface area contributed by atoms with Crippen molar-refractivity contribution in [1.82, 2.24) is 0 Å². The molecule has 0 aromatic rings. The number of hydrogen-bond donors (Lipinski definition) is 0. The second-order valence-electron chi connectivity index (χ2n) is 5.81. The summed E-state index contributed by atoms with van der Waals surface area (Å²) in [5.41, 5.74) is 0.701. The topological polar surface area (TPSA) is 0 Å². The van der Waals surface area contributed by atoms with E-state index >= 15 is 0 Å². The van der Waals surface area contributed by atoms with Gasteiger partial charge in [0.15, 0.2) is 0 Å². The van der Waals surface area contributed by atoms with Crippen molar-refractivity contribution in [3.8, 4) is 0 Å². The quantitative estimate of drug-likeness (QED) is 0.561.